The van der Waals surface area contributed by atoms with Gasteiger partial charge in [-0.05, 0) is 37.3 Å². The Kier molecular flexibility index (Phi) is 3.91. The zero-order valence-corrected chi connectivity index (χ0v) is 11.3. The van der Waals surface area contributed by atoms with E-state index in [4.69, 9.17) is 0 Å². The second kappa shape index (κ2) is 5.44. The second-order valence-corrected chi connectivity index (χ2v) is 5.67. The Morgan fingerprint density at radius 1 is 1.22 bits per heavy atom. The van der Waals surface area contributed by atoms with Gasteiger partial charge in [0.2, 0.25) is 0 Å². The number of rotatable bonds is 3. The SMILES string of the molecule is C[C@H]1CCCC[C@H]1[C@@](C)(C#N)Nc1ccccc1. The number of nitrogens with zero attached hydrogens (tertiary/aromatic N) is 1. The fraction of sp³-hybridized carbons (Fsp3) is 0.562. The molecule has 1 aromatic carbocycles. The molecule has 1 saturated carbocycles. The topological polar surface area (TPSA) is 35.8 Å². The molecule has 18 heavy (non-hydrogen) atoms. The summed E-state index contributed by atoms with van der Waals surface area (Å²) in [5.41, 5.74) is 0.584. The van der Waals surface area contributed by atoms with Crippen molar-refractivity contribution in [1.82, 2.24) is 0 Å². The maximum Gasteiger partial charge on any atom is 0.125 e. The minimum Gasteiger partial charge on any atom is -0.367 e. The number of anilines is 1. The van der Waals surface area contributed by atoms with Gasteiger partial charge in [0.15, 0.2) is 0 Å². The molecule has 1 aliphatic rings. The van der Waals surface area contributed by atoms with E-state index in [0.717, 1.165) is 12.1 Å². The van der Waals surface area contributed by atoms with Crippen LogP contribution in [0.4, 0.5) is 5.69 Å². The number of nitrogens with one attached hydrogen (secondary N) is 1. The lowest BCUT2D eigenvalue weighted by molar-refractivity contribution is 0.202. The number of nitriles is 1. The summed E-state index contributed by atoms with van der Waals surface area (Å²) >= 11 is 0. The van der Waals surface area contributed by atoms with Gasteiger partial charge in [0.05, 0.1) is 6.07 Å². The zero-order chi connectivity index (χ0) is 13.0. The molecule has 0 aliphatic heterocycles. The predicted molar refractivity (Wildman–Crippen MR) is 75.2 cm³/mol. The molecule has 0 aromatic heterocycles. The van der Waals surface area contributed by atoms with E-state index in [1.807, 2.05) is 37.3 Å². The Morgan fingerprint density at radius 2 is 1.89 bits per heavy atom. The molecule has 0 unspecified atom stereocenters. The molecule has 0 radical (unpaired) electrons. The van der Waals surface area contributed by atoms with E-state index in [9.17, 15) is 5.26 Å². The van der Waals surface area contributed by atoms with Crippen LogP contribution in [0.2, 0.25) is 0 Å². The predicted octanol–water partition coefficient (Wildman–Crippen LogP) is 4.21. The largest absolute Gasteiger partial charge is 0.367 e. The zero-order valence-electron chi connectivity index (χ0n) is 11.3. The smallest absolute Gasteiger partial charge is 0.125 e. The Morgan fingerprint density at radius 3 is 2.50 bits per heavy atom. The lowest BCUT2D eigenvalue weighted by Crippen LogP contribution is -2.45. The third kappa shape index (κ3) is 2.67. The van der Waals surface area contributed by atoms with Crippen LogP contribution in [0.15, 0.2) is 30.3 Å². The van der Waals surface area contributed by atoms with Crippen molar-refractivity contribution in [3.63, 3.8) is 0 Å². The molecule has 1 aliphatic carbocycles. The van der Waals surface area contributed by atoms with Crippen LogP contribution in [0.3, 0.4) is 0 Å². The van der Waals surface area contributed by atoms with Crippen LogP contribution in [-0.4, -0.2) is 5.54 Å². The summed E-state index contributed by atoms with van der Waals surface area (Å²) in [6, 6.07) is 12.6. The maximum absolute atomic E-state index is 9.60. The fourth-order valence-corrected chi connectivity index (χ4v) is 3.20. The van der Waals surface area contributed by atoms with Crippen LogP contribution in [0.5, 0.6) is 0 Å². The molecule has 1 aromatic rings. The maximum atomic E-state index is 9.60. The van der Waals surface area contributed by atoms with E-state index in [2.05, 4.69) is 18.3 Å². The molecule has 96 valence electrons. The highest BCUT2D eigenvalue weighted by Gasteiger charge is 2.38. The van der Waals surface area contributed by atoms with E-state index >= 15 is 0 Å². The summed E-state index contributed by atoms with van der Waals surface area (Å²) in [4.78, 5) is 0. The van der Waals surface area contributed by atoms with Crippen LogP contribution in [-0.2, 0) is 0 Å². The van der Waals surface area contributed by atoms with Crippen LogP contribution in [0, 0.1) is 23.2 Å². The van der Waals surface area contributed by atoms with Gasteiger partial charge < -0.3 is 5.32 Å². The number of benzene rings is 1. The highest BCUT2D eigenvalue weighted by molar-refractivity contribution is 5.47. The molecule has 2 nitrogen and oxygen atoms in total. The van der Waals surface area contributed by atoms with Gasteiger partial charge in [-0.2, -0.15) is 5.26 Å². The van der Waals surface area contributed by atoms with E-state index in [0.29, 0.717) is 11.8 Å². The molecular weight excluding hydrogens is 220 g/mol. The van der Waals surface area contributed by atoms with Gasteiger partial charge in [-0.3, -0.25) is 0 Å². The van der Waals surface area contributed by atoms with Crippen LogP contribution >= 0.6 is 0 Å². The Hall–Kier alpha value is -1.49. The van der Waals surface area contributed by atoms with Gasteiger partial charge in [0.1, 0.15) is 5.54 Å². The number of para-hydroxylation sites is 1. The third-order valence-electron chi connectivity index (χ3n) is 4.26. The van der Waals surface area contributed by atoms with Gasteiger partial charge in [-0.15, -0.1) is 0 Å². The van der Waals surface area contributed by atoms with Crippen LogP contribution < -0.4 is 5.32 Å². The minimum absolute atomic E-state index is 0.441. The average Bonchev–Trinajstić information content (AvgIpc) is 2.40. The molecule has 1 N–H and O–H groups in total. The molecule has 1 fully saturated rings. The lowest BCUT2D eigenvalue weighted by Gasteiger charge is -2.40. The van der Waals surface area contributed by atoms with Crippen molar-refractivity contribution in [2.75, 3.05) is 5.32 Å². The van der Waals surface area contributed by atoms with Crippen molar-refractivity contribution in [3.05, 3.63) is 30.3 Å². The first-order valence-corrected chi connectivity index (χ1v) is 6.90. The lowest BCUT2D eigenvalue weighted by atomic mass is 9.70. The third-order valence-corrected chi connectivity index (χ3v) is 4.26. The van der Waals surface area contributed by atoms with E-state index in [1.54, 1.807) is 0 Å². The first kappa shape index (κ1) is 13.0. The molecular formula is C16H22N2. The normalized spacial score (nSPS) is 26.9. The Labute approximate surface area is 110 Å². The summed E-state index contributed by atoms with van der Waals surface area (Å²) in [6.07, 6.45) is 4.97. The van der Waals surface area contributed by atoms with Crippen molar-refractivity contribution in [1.29, 1.82) is 5.26 Å². The van der Waals surface area contributed by atoms with Gasteiger partial charge in [0.25, 0.3) is 0 Å². The monoisotopic (exact) mass is 242 g/mol. The second-order valence-electron chi connectivity index (χ2n) is 5.67. The van der Waals surface area contributed by atoms with Gasteiger partial charge in [-0.1, -0.05) is 44.4 Å². The first-order valence-electron chi connectivity index (χ1n) is 6.90. The van der Waals surface area contributed by atoms with Crippen molar-refractivity contribution in [2.45, 2.75) is 45.1 Å². The number of hydrogen-bond donors (Lipinski definition) is 1. The van der Waals surface area contributed by atoms with Crippen molar-refractivity contribution in [3.8, 4) is 6.07 Å². The van der Waals surface area contributed by atoms with Crippen molar-refractivity contribution in [2.24, 2.45) is 11.8 Å². The summed E-state index contributed by atoms with van der Waals surface area (Å²) in [5, 5.41) is 13.0. The summed E-state index contributed by atoms with van der Waals surface area (Å²) in [5.74, 6) is 1.07. The molecule has 2 heteroatoms. The highest BCUT2D eigenvalue weighted by Crippen LogP contribution is 2.38. The fourth-order valence-electron chi connectivity index (χ4n) is 3.20. The quantitative estimate of drug-likeness (QED) is 0.862. The highest BCUT2D eigenvalue weighted by atomic mass is 15.0. The molecule has 0 saturated heterocycles. The summed E-state index contributed by atoms with van der Waals surface area (Å²) < 4.78 is 0. The van der Waals surface area contributed by atoms with Crippen molar-refractivity contribution < 1.29 is 0 Å². The van der Waals surface area contributed by atoms with Gasteiger partial charge in [-0.25, -0.2) is 0 Å². The van der Waals surface area contributed by atoms with E-state index < -0.39 is 5.54 Å². The molecule has 0 amide bonds. The molecule has 0 spiro atoms. The first-order chi connectivity index (χ1) is 8.65. The average molecular weight is 242 g/mol. The number of hydrogen-bond acceptors (Lipinski definition) is 2. The minimum atomic E-state index is -0.457. The molecule has 0 bridgehead atoms. The Bertz CT molecular complexity index is 420. The summed E-state index contributed by atoms with van der Waals surface area (Å²) in [6.45, 7) is 4.33. The van der Waals surface area contributed by atoms with Gasteiger partial charge in [0, 0.05) is 5.69 Å². The Balaban J connectivity index is 2.17. The molecule has 3 atom stereocenters. The van der Waals surface area contributed by atoms with Crippen LogP contribution in [0.1, 0.15) is 39.5 Å². The van der Waals surface area contributed by atoms with Crippen LogP contribution in [0.25, 0.3) is 0 Å². The van der Waals surface area contributed by atoms with E-state index in [1.165, 1.54) is 19.3 Å². The molecule has 2 rings (SSSR count). The van der Waals surface area contributed by atoms with Gasteiger partial charge >= 0.3 is 0 Å². The standard InChI is InChI=1S/C16H22N2/c1-13-8-6-7-11-15(13)16(2,12-17)18-14-9-4-3-5-10-14/h3-5,9-10,13,15,18H,6-8,11H2,1-2H3/t13-,15+,16+/m0/s1. The van der Waals surface area contributed by atoms with E-state index in [-0.39, 0.29) is 0 Å². The van der Waals surface area contributed by atoms with Crippen molar-refractivity contribution >= 4 is 5.69 Å². The summed E-state index contributed by atoms with van der Waals surface area (Å²) in [7, 11) is 0. The molecule has 0 heterocycles.